The van der Waals surface area contributed by atoms with E-state index in [-0.39, 0.29) is 0 Å². The van der Waals surface area contributed by atoms with Gasteiger partial charge in [0.25, 0.3) is 0 Å². The standard InChI is InChI=1S/C10H19NO2/c1-4-5-6-7-8-10(2,11-3)9(12)13/h4,11H,1,5-8H2,2-3H3,(H,12,13)/t10-/m0/s1. The summed E-state index contributed by atoms with van der Waals surface area (Å²) >= 11 is 0. The molecule has 0 aliphatic carbocycles. The van der Waals surface area contributed by atoms with Crippen LogP contribution in [0.1, 0.15) is 32.6 Å². The van der Waals surface area contributed by atoms with E-state index in [9.17, 15) is 4.79 Å². The number of rotatable bonds is 7. The summed E-state index contributed by atoms with van der Waals surface area (Å²) < 4.78 is 0. The molecule has 2 N–H and O–H groups in total. The van der Waals surface area contributed by atoms with E-state index in [2.05, 4.69) is 11.9 Å². The highest BCUT2D eigenvalue weighted by Gasteiger charge is 2.29. The van der Waals surface area contributed by atoms with Crippen molar-refractivity contribution in [2.24, 2.45) is 0 Å². The van der Waals surface area contributed by atoms with E-state index in [1.807, 2.05) is 6.08 Å². The van der Waals surface area contributed by atoms with Crippen molar-refractivity contribution < 1.29 is 9.90 Å². The van der Waals surface area contributed by atoms with Crippen molar-refractivity contribution in [3.63, 3.8) is 0 Å². The number of carbonyl (C=O) groups is 1. The van der Waals surface area contributed by atoms with Gasteiger partial charge in [0.2, 0.25) is 0 Å². The summed E-state index contributed by atoms with van der Waals surface area (Å²) in [6, 6.07) is 0. The van der Waals surface area contributed by atoms with E-state index >= 15 is 0 Å². The van der Waals surface area contributed by atoms with Crippen LogP contribution >= 0.6 is 0 Å². The molecule has 1 atom stereocenters. The number of hydrogen-bond donors (Lipinski definition) is 2. The summed E-state index contributed by atoms with van der Waals surface area (Å²) in [5, 5.41) is 11.7. The minimum Gasteiger partial charge on any atom is -0.480 e. The number of likely N-dealkylation sites (N-methyl/N-ethyl adjacent to an activating group) is 1. The van der Waals surface area contributed by atoms with Crippen LogP contribution in [0.25, 0.3) is 0 Å². The summed E-state index contributed by atoms with van der Waals surface area (Å²) in [6.45, 7) is 5.33. The Morgan fingerprint density at radius 3 is 2.62 bits per heavy atom. The molecular formula is C10H19NO2. The molecular weight excluding hydrogens is 166 g/mol. The van der Waals surface area contributed by atoms with Crippen LogP contribution in [0.3, 0.4) is 0 Å². The van der Waals surface area contributed by atoms with Gasteiger partial charge < -0.3 is 10.4 Å². The van der Waals surface area contributed by atoms with Crippen molar-refractivity contribution in [1.82, 2.24) is 5.32 Å². The van der Waals surface area contributed by atoms with Crippen molar-refractivity contribution in [1.29, 1.82) is 0 Å². The summed E-state index contributed by atoms with van der Waals surface area (Å²) in [7, 11) is 1.68. The topological polar surface area (TPSA) is 49.3 Å². The van der Waals surface area contributed by atoms with Gasteiger partial charge in [-0.15, -0.1) is 6.58 Å². The van der Waals surface area contributed by atoms with Crippen LogP contribution < -0.4 is 5.32 Å². The van der Waals surface area contributed by atoms with E-state index < -0.39 is 11.5 Å². The second-order valence-electron chi connectivity index (χ2n) is 3.42. The molecule has 0 unspecified atom stereocenters. The number of hydrogen-bond acceptors (Lipinski definition) is 2. The average Bonchev–Trinajstić information content (AvgIpc) is 2.12. The molecule has 0 bridgehead atoms. The largest absolute Gasteiger partial charge is 0.480 e. The zero-order chi connectivity index (χ0) is 10.3. The molecule has 0 rings (SSSR count). The van der Waals surface area contributed by atoms with E-state index in [1.165, 1.54) is 0 Å². The van der Waals surface area contributed by atoms with Crippen LogP contribution in [0.5, 0.6) is 0 Å². The van der Waals surface area contributed by atoms with E-state index in [4.69, 9.17) is 5.11 Å². The lowest BCUT2D eigenvalue weighted by Gasteiger charge is -2.23. The first-order chi connectivity index (χ1) is 6.06. The molecule has 0 aliphatic heterocycles. The molecule has 0 aromatic carbocycles. The van der Waals surface area contributed by atoms with Crippen molar-refractivity contribution in [3.05, 3.63) is 12.7 Å². The van der Waals surface area contributed by atoms with Gasteiger partial charge in [0, 0.05) is 0 Å². The minimum absolute atomic E-state index is 0.659. The van der Waals surface area contributed by atoms with Crippen LogP contribution in [0.4, 0.5) is 0 Å². The normalized spacial score (nSPS) is 14.9. The van der Waals surface area contributed by atoms with Crippen molar-refractivity contribution >= 4 is 5.97 Å². The number of allylic oxidation sites excluding steroid dienone is 1. The number of aliphatic carboxylic acids is 1. The third-order valence-corrected chi connectivity index (χ3v) is 2.36. The average molecular weight is 185 g/mol. The molecule has 3 nitrogen and oxygen atoms in total. The van der Waals surface area contributed by atoms with Gasteiger partial charge in [0.05, 0.1) is 0 Å². The maximum Gasteiger partial charge on any atom is 0.323 e. The molecule has 0 saturated carbocycles. The molecule has 0 saturated heterocycles. The fraction of sp³-hybridized carbons (Fsp3) is 0.700. The zero-order valence-corrected chi connectivity index (χ0v) is 8.47. The molecule has 0 aliphatic rings. The molecule has 0 radical (unpaired) electrons. The summed E-state index contributed by atoms with van der Waals surface area (Å²) in [5.74, 6) is -0.784. The summed E-state index contributed by atoms with van der Waals surface area (Å²) in [6.07, 6.45) is 5.40. The van der Waals surface area contributed by atoms with Crippen molar-refractivity contribution in [2.45, 2.75) is 38.1 Å². The second kappa shape index (κ2) is 5.75. The minimum atomic E-state index is -0.784. The predicted molar refractivity (Wildman–Crippen MR) is 53.8 cm³/mol. The molecule has 0 aromatic heterocycles. The van der Waals surface area contributed by atoms with Gasteiger partial charge in [-0.05, 0) is 33.2 Å². The number of carboxylic acids is 1. The first-order valence-corrected chi connectivity index (χ1v) is 4.60. The molecule has 0 aromatic rings. The number of unbranched alkanes of at least 4 members (excludes halogenated alkanes) is 2. The van der Waals surface area contributed by atoms with Crippen LogP contribution in [-0.2, 0) is 4.79 Å². The Labute approximate surface area is 79.8 Å². The van der Waals surface area contributed by atoms with Crippen molar-refractivity contribution in [2.75, 3.05) is 7.05 Å². The van der Waals surface area contributed by atoms with Crippen LogP contribution in [0.15, 0.2) is 12.7 Å². The van der Waals surface area contributed by atoms with Crippen LogP contribution in [0, 0.1) is 0 Å². The van der Waals surface area contributed by atoms with Gasteiger partial charge in [-0.25, -0.2) is 0 Å². The van der Waals surface area contributed by atoms with E-state index in [0.717, 1.165) is 19.3 Å². The molecule has 0 amide bonds. The lowest BCUT2D eigenvalue weighted by molar-refractivity contribution is -0.144. The van der Waals surface area contributed by atoms with Gasteiger partial charge in [0.15, 0.2) is 0 Å². The molecule has 0 spiro atoms. The molecule has 0 heterocycles. The highest BCUT2D eigenvalue weighted by Crippen LogP contribution is 2.14. The second-order valence-corrected chi connectivity index (χ2v) is 3.42. The maximum absolute atomic E-state index is 10.8. The molecule has 13 heavy (non-hydrogen) atoms. The molecule has 3 heteroatoms. The van der Waals surface area contributed by atoms with Gasteiger partial charge in [-0.3, -0.25) is 4.79 Å². The van der Waals surface area contributed by atoms with Gasteiger partial charge in [-0.1, -0.05) is 12.5 Å². The third kappa shape index (κ3) is 4.08. The maximum atomic E-state index is 10.8. The quantitative estimate of drug-likeness (QED) is 0.469. The Balaban J connectivity index is 3.84. The summed E-state index contributed by atoms with van der Waals surface area (Å²) in [4.78, 5) is 10.8. The lowest BCUT2D eigenvalue weighted by Crippen LogP contribution is -2.47. The lowest BCUT2D eigenvalue weighted by atomic mass is 9.95. The molecule has 0 fully saturated rings. The first kappa shape index (κ1) is 12.2. The monoisotopic (exact) mass is 185 g/mol. The first-order valence-electron chi connectivity index (χ1n) is 4.60. The van der Waals surface area contributed by atoms with E-state index in [1.54, 1.807) is 14.0 Å². The van der Waals surface area contributed by atoms with Crippen LogP contribution in [-0.4, -0.2) is 23.7 Å². The number of nitrogens with one attached hydrogen (secondary N) is 1. The molecule has 76 valence electrons. The number of carboxylic acid groups (broad SMARTS) is 1. The van der Waals surface area contributed by atoms with Gasteiger partial charge in [0.1, 0.15) is 5.54 Å². The Morgan fingerprint density at radius 2 is 2.23 bits per heavy atom. The fourth-order valence-electron chi connectivity index (χ4n) is 1.11. The third-order valence-electron chi connectivity index (χ3n) is 2.36. The van der Waals surface area contributed by atoms with Gasteiger partial charge >= 0.3 is 5.97 Å². The highest BCUT2D eigenvalue weighted by atomic mass is 16.4. The Hall–Kier alpha value is -0.830. The predicted octanol–water partition coefficient (Wildman–Crippen LogP) is 1.80. The summed E-state index contributed by atoms with van der Waals surface area (Å²) in [5.41, 5.74) is -0.777. The SMILES string of the molecule is C=CCCCC[C@](C)(NC)C(=O)O. The Kier molecular flexibility index (Phi) is 5.39. The Morgan fingerprint density at radius 1 is 1.62 bits per heavy atom. The van der Waals surface area contributed by atoms with E-state index in [0.29, 0.717) is 6.42 Å². The van der Waals surface area contributed by atoms with Crippen molar-refractivity contribution in [3.8, 4) is 0 Å². The fourth-order valence-corrected chi connectivity index (χ4v) is 1.11. The zero-order valence-electron chi connectivity index (χ0n) is 8.47. The van der Waals surface area contributed by atoms with Gasteiger partial charge in [-0.2, -0.15) is 0 Å². The Bertz CT molecular complexity index is 180. The highest BCUT2D eigenvalue weighted by molar-refractivity contribution is 5.78. The smallest absolute Gasteiger partial charge is 0.323 e. The van der Waals surface area contributed by atoms with Crippen LogP contribution in [0.2, 0.25) is 0 Å².